The first-order valence-corrected chi connectivity index (χ1v) is 5.76. The lowest BCUT2D eigenvalue weighted by Crippen LogP contribution is -2.50. The molecule has 1 aromatic rings. The van der Waals surface area contributed by atoms with E-state index < -0.39 is 12.0 Å². The Labute approximate surface area is 102 Å². The first kappa shape index (κ1) is 13.7. The fourth-order valence-electron chi connectivity index (χ4n) is 1.72. The number of nitrogens with one attached hydrogen (secondary N) is 1. The van der Waals surface area contributed by atoms with Crippen molar-refractivity contribution in [1.29, 1.82) is 0 Å². The van der Waals surface area contributed by atoms with Gasteiger partial charge in [0, 0.05) is 13.1 Å². The minimum Gasteiger partial charge on any atom is -0.480 e. The second-order valence-corrected chi connectivity index (χ2v) is 4.44. The number of hydrogen-bond donors (Lipinski definition) is 2. The molecule has 4 heteroatoms. The number of carboxylic acid groups (broad SMARTS) is 1. The molecule has 94 valence electrons. The highest BCUT2D eigenvalue weighted by atomic mass is 16.4. The van der Waals surface area contributed by atoms with Crippen molar-refractivity contribution in [2.24, 2.45) is 0 Å². The second kappa shape index (κ2) is 6.37. The summed E-state index contributed by atoms with van der Waals surface area (Å²) in [5.41, 5.74) is 4.12. The van der Waals surface area contributed by atoms with Crippen molar-refractivity contribution in [3.8, 4) is 0 Å². The average molecular weight is 236 g/mol. The van der Waals surface area contributed by atoms with Crippen LogP contribution in [0.1, 0.15) is 19.4 Å². The number of hydrazine groups is 1. The van der Waals surface area contributed by atoms with Gasteiger partial charge >= 0.3 is 5.97 Å². The van der Waals surface area contributed by atoms with Crippen LogP contribution in [0.2, 0.25) is 0 Å². The summed E-state index contributed by atoms with van der Waals surface area (Å²) >= 11 is 0. The number of nitrogens with zero attached hydrogens (tertiary/aromatic N) is 1. The third kappa shape index (κ3) is 4.54. The molecule has 0 aliphatic heterocycles. The van der Waals surface area contributed by atoms with Crippen molar-refractivity contribution in [2.45, 2.75) is 32.4 Å². The highest BCUT2D eigenvalue weighted by Crippen LogP contribution is 2.07. The molecule has 4 nitrogen and oxygen atoms in total. The van der Waals surface area contributed by atoms with Crippen molar-refractivity contribution >= 4 is 5.97 Å². The molecule has 17 heavy (non-hydrogen) atoms. The van der Waals surface area contributed by atoms with Gasteiger partial charge in [0.15, 0.2) is 0 Å². The number of likely N-dealkylation sites (N-methyl/N-ethyl adjacent to an activating group) is 1. The van der Waals surface area contributed by atoms with Crippen LogP contribution in [-0.2, 0) is 11.2 Å². The van der Waals surface area contributed by atoms with Crippen LogP contribution in [-0.4, -0.2) is 35.2 Å². The molecule has 0 fully saturated rings. The number of carbonyl (C=O) groups is 1. The largest absolute Gasteiger partial charge is 0.480 e. The van der Waals surface area contributed by atoms with Crippen molar-refractivity contribution in [3.63, 3.8) is 0 Å². The average Bonchev–Trinajstić information content (AvgIpc) is 2.25. The van der Waals surface area contributed by atoms with Crippen molar-refractivity contribution in [1.82, 2.24) is 10.4 Å². The van der Waals surface area contributed by atoms with Gasteiger partial charge in [0.1, 0.15) is 6.04 Å². The number of carboxylic acids is 1. The van der Waals surface area contributed by atoms with Gasteiger partial charge in [0.05, 0.1) is 0 Å². The van der Waals surface area contributed by atoms with E-state index in [2.05, 4.69) is 5.43 Å². The first-order chi connectivity index (χ1) is 8.00. The van der Waals surface area contributed by atoms with E-state index in [1.165, 1.54) is 0 Å². The van der Waals surface area contributed by atoms with Gasteiger partial charge in [-0.15, -0.1) is 0 Å². The molecule has 1 rings (SSSR count). The molecule has 0 aromatic heterocycles. The Bertz CT molecular complexity index is 352. The lowest BCUT2D eigenvalue weighted by Gasteiger charge is -2.27. The van der Waals surface area contributed by atoms with E-state index in [-0.39, 0.29) is 6.04 Å². The van der Waals surface area contributed by atoms with Gasteiger partial charge in [-0.3, -0.25) is 10.2 Å². The fourth-order valence-corrected chi connectivity index (χ4v) is 1.72. The minimum atomic E-state index is -0.815. The molecule has 2 N–H and O–H groups in total. The summed E-state index contributed by atoms with van der Waals surface area (Å²) in [7, 11) is 1.77. The lowest BCUT2D eigenvalue weighted by atomic mass is 10.1. The van der Waals surface area contributed by atoms with Gasteiger partial charge in [-0.05, 0) is 25.8 Å². The first-order valence-electron chi connectivity index (χ1n) is 5.76. The predicted octanol–water partition coefficient (Wildman–Crippen LogP) is 1.53. The Hall–Kier alpha value is -1.39. The monoisotopic (exact) mass is 236 g/mol. The van der Waals surface area contributed by atoms with E-state index in [0.29, 0.717) is 6.42 Å². The third-order valence-corrected chi connectivity index (χ3v) is 2.49. The summed E-state index contributed by atoms with van der Waals surface area (Å²) in [6, 6.07) is 9.32. The van der Waals surface area contributed by atoms with Crippen molar-refractivity contribution in [2.75, 3.05) is 7.05 Å². The molecular weight excluding hydrogens is 216 g/mol. The molecule has 0 saturated heterocycles. The highest BCUT2D eigenvalue weighted by molar-refractivity contribution is 5.73. The van der Waals surface area contributed by atoms with E-state index in [0.717, 1.165) is 5.56 Å². The van der Waals surface area contributed by atoms with Crippen LogP contribution in [0.5, 0.6) is 0 Å². The molecule has 0 aliphatic carbocycles. The molecule has 1 atom stereocenters. The molecule has 1 aromatic carbocycles. The quantitative estimate of drug-likeness (QED) is 0.735. The lowest BCUT2D eigenvalue weighted by molar-refractivity contribution is -0.144. The summed E-state index contributed by atoms with van der Waals surface area (Å²) in [5.74, 6) is -0.815. The Balaban J connectivity index is 2.70. The van der Waals surface area contributed by atoms with Gasteiger partial charge in [0.2, 0.25) is 0 Å². The van der Waals surface area contributed by atoms with E-state index in [1.54, 1.807) is 12.1 Å². The zero-order valence-corrected chi connectivity index (χ0v) is 10.6. The highest BCUT2D eigenvalue weighted by Gasteiger charge is 2.23. The molecular formula is C13H20N2O2. The van der Waals surface area contributed by atoms with Gasteiger partial charge in [-0.2, -0.15) is 0 Å². The number of hydrogen-bond acceptors (Lipinski definition) is 3. The van der Waals surface area contributed by atoms with Crippen LogP contribution in [0.3, 0.4) is 0 Å². The van der Waals surface area contributed by atoms with Gasteiger partial charge < -0.3 is 5.11 Å². The topological polar surface area (TPSA) is 52.6 Å². The molecule has 0 radical (unpaired) electrons. The SMILES string of the molecule is CC(C)NN(C)[C@@H](Cc1ccccc1)C(=O)O. The maximum Gasteiger partial charge on any atom is 0.322 e. The van der Waals surface area contributed by atoms with Gasteiger partial charge in [-0.1, -0.05) is 30.3 Å². The normalized spacial score (nSPS) is 13.0. The van der Waals surface area contributed by atoms with Crippen LogP contribution in [0, 0.1) is 0 Å². The van der Waals surface area contributed by atoms with E-state index in [4.69, 9.17) is 0 Å². The molecule has 0 aliphatic rings. The maximum atomic E-state index is 11.2. The van der Waals surface area contributed by atoms with Crippen LogP contribution in [0.25, 0.3) is 0 Å². The smallest absolute Gasteiger partial charge is 0.322 e. The van der Waals surface area contributed by atoms with Crippen molar-refractivity contribution < 1.29 is 9.90 Å². The van der Waals surface area contributed by atoms with Gasteiger partial charge in [-0.25, -0.2) is 5.01 Å². The Kier molecular flexibility index (Phi) is 5.12. The van der Waals surface area contributed by atoms with Crippen LogP contribution < -0.4 is 5.43 Å². The van der Waals surface area contributed by atoms with E-state index in [1.807, 2.05) is 44.2 Å². The van der Waals surface area contributed by atoms with Crippen LogP contribution in [0.4, 0.5) is 0 Å². The fraction of sp³-hybridized carbons (Fsp3) is 0.462. The molecule has 0 saturated carbocycles. The molecule has 0 bridgehead atoms. The van der Waals surface area contributed by atoms with Crippen LogP contribution >= 0.6 is 0 Å². The van der Waals surface area contributed by atoms with Crippen LogP contribution in [0.15, 0.2) is 30.3 Å². The molecule has 0 heterocycles. The van der Waals surface area contributed by atoms with E-state index >= 15 is 0 Å². The maximum absolute atomic E-state index is 11.2. The molecule has 0 amide bonds. The van der Waals surface area contributed by atoms with Gasteiger partial charge in [0.25, 0.3) is 0 Å². The standard InChI is InChI=1S/C13H20N2O2/c1-10(2)14-15(3)12(13(16)17)9-11-7-5-4-6-8-11/h4-8,10,12,14H,9H2,1-3H3,(H,16,17)/t12-/m0/s1. The Morgan fingerprint density at radius 3 is 2.41 bits per heavy atom. The number of aliphatic carboxylic acids is 1. The molecule has 0 unspecified atom stereocenters. The predicted molar refractivity (Wildman–Crippen MR) is 67.6 cm³/mol. The van der Waals surface area contributed by atoms with E-state index in [9.17, 15) is 9.90 Å². The Morgan fingerprint density at radius 1 is 1.35 bits per heavy atom. The summed E-state index contributed by atoms with van der Waals surface area (Å²) in [6.07, 6.45) is 0.492. The minimum absolute atomic E-state index is 0.220. The second-order valence-electron chi connectivity index (χ2n) is 4.44. The summed E-state index contributed by atoms with van der Waals surface area (Å²) in [5, 5.41) is 10.9. The zero-order chi connectivity index (χ0) is 12.8. The summed E-state index contributed by atoms with van der Waals surface area (Å²) in [6.45, 7) is 3.97. The summed E-state index contributed by atoms with van der Waals surface area (Å²) in [4.78, 5) is 11.2. The molecule has 0 spiro atoms. The summed E-state index contributed by atoms with van der Waals surface area (Å²) < 4.78 is 0. The zero-order valence-electron chi connectivity index (χ0n) is 10.6. The number of rotatable bonds is 6. The number of benzene rings is 1. The van der Waals surface area contributed by atoms with Crippen molar-refractivity contribution in [3.05, 3.63) is 35.9 Å². The third-order valence-electron chi connectivity index (χ3n) is 2.49. The Morgan fingerprint density at radius 2 is 1.94 bits per heavy atom.